The van der Waals surface area contributed by atoms with Crippen LogP contribution in [0.15, 0.2) is 42.5 Å². The summed E-state index contributed by atoms with van der Waals surface area (Å²) in [6.45, 7) is 0.873. The molecule has 0 unspecified atom stereocenters. The second-order valence-corrected chi connectivity index (χ2v) is 11.6. The molecule has 1 N–H and O–H groups in total. The minimum Gasteiger partial charge on any atom is -0.431 e. The van der Waals surface area contributed by atoms with Gasteiger partial charge in [0.1, 0.15) is 11.3 Å². The first-order valence-electron chi connectivity index (χ1n) is 10.4. The number of thiazole rings is 1. The van der Waals surface area contributed by atoms with Gasteiger partial charge in [0.15, 0.2) is 0 Å². The highest BCUT2D eigenvalue weighted by molar-refractivity contribution is 7.88. The molecule has 2 bridgehead atoms. The number of hydrogen-bond donors (Lipinski definition) is 1. The molecule has 0 amide bonds. The van der Waals surface area contributed by atoms with E-state index in [4.69, 9.17) is 16.3 Å². The molecular formula is C22H24ClN3O3S2. The molecule has 2 aliphatic heterocycles. The Kier molecular flexibility index (Phi) is 5.68. The lowest BCUT2D eigenvalue weighted by Gasteiger charge is -2.39. The molecule has 31 heavy (non-hydrogen) atoms. The fraction of sp³-hybridized carbons (Fsp3) is 0.409. The van der Waals surface area contributed by atoms with Crippen molar-refractivity contribution in [3.63, 3.8) is 0 Å². The Morgan fingerprint density at radius 1 is 1.16 bits per heavy atom. The van der Waals surface area contributed by atoms with Crippen LogP contribution in [-0.4, -0.2) is 42.7 Å². The van der Waals surface area contributed by atoms with Crippen molar-refractivity contribution in [1.29, 1.82) is 0 Å². The summed E-state index contributed by atoms with van der Waals surface area (Å²) in [6, 6.07) is 14.8. The molecule has 0 saturated carbocycles. The lowest BCUT2D eigenvalue weighted by molar-refractivity contribution is 0.116. The Morgan fingerprint density at radius 2 is 1.87 bits per heavy atom. The van der Waals surface area contributed by atoms with Gasteiger partial charge in [-0.05, 0) is 55.5 Å². The van der Waals surface area contributed by atoms with Gasteiger partial charge < -0.3 is 4.74 Å². The van der Waals surface area contributed by atoms with Gasteiger partial charge in [0.05, 0.1) is 16.0 Å². The highest BCUT2D eigenvalue weighted by atomic mass is 35.5. The molecule has 2 saturated heterocycles. The standard InChI is InChI=1S/C22H24ClN3O3S2/c1-31(27,28)25-15-11-16-7-8-17(12-15)26(16)13-14-5-9-18(10-6-14)29-22-24-21-19(23)3-2-4-20(21)30-22/h2-6,9-10,15-17,25H,7-8,11-13H2,1H3/t15-,16+,17-. The first kappa shape index (κ1) is 21.2. The number of benzene rings is 2. The van der Waals surface area contributed by atoms with Crippen LogP contribution in [0.25, 0.3) is 10.2 Å². The Balaban J connectivity index is 1.23. The molecule has 1 aromatic heterocycles. The van der Waals surface area contributed by atoms with E-state index < -0.39 is 10.0 Å². The molecule has 0 radical (unpaired) electrons. The maximum Gasteiger partial charge on any atom is 0.279 e. The van der Waals surface area contributed by atoms with E-state index in [-0.39, 0.29) is 6.04 Å². The molecule has 3 heterocycles. The van der Waals surface area contributed by atoms with Crippen LogP contribution in [0, 0.1) is 0 Å². The second-order valence-electron chi connectivity index (χ2n) is 8.43. The number of para-hydroxylation sites is 1. The molecule has 2 aromatic carbocycles. The van der Waals surface area contributed by atoms with Gasteiger partial charge >= 0.3 is 0 Å². The summed E-state index contributed by atoms with van der Waals surface area (Å²) in [5.41, 5.74) is 2.00. The zero-order valence-corrected chi connectivity index (χ0v) is 19.5. The van der Waals surface area contributed by atoms with Gasteiger partial charge in [-0.15, -0.1) is 0 Å². The smallest absolute Gasteiger partial charge is 0.279 e. The third-order valence-electron chi connectivity index (χ3n) is 6.11. The first-order valence-corrected chi connectivity index (χ1v) is 13.5. The predicted octanol–water partition coefficient (Wildman–Crippen LogP) is 4.79. The SMILES string of the molecule is CS(=O)(=O)N[C@H]1C[C@H]2CC[C@@H](C1)N2Cc1ccc(Oc2nc3c(Cl)cccc3s2)cc1. The average molecular weight is 478 g/mol. The topological polar surface area (TPSA) is 71.5 Å². The molecule has 3 atom stereocenters. The lowest BCUT2D eigenvalue weighted by Crippen LogP contribution is -2.49. The molecule has 0 spiro atoms. The molecule has 9 heteroatoms. The second kappa shape index (κ2) is 8.33. The summed E-state index contributed by atoms with van der Waals surface area (Å²) in [5, 5.41) is 1.21. The number of hydrogen-bond acceptors (Lipinski definition) is 6. The normalized spacial score (nSPS) is 24.0. The van der Waals surface area contributed by atoms with Crippen molar-refractivity contribution in [2.75, 3.05) is 6.26 Å². The van der Waals surface area contributed by atoms with Crippen molar-refractivity contribution in [2.24, 2.45) is 0 Å². The number of piperidine rings is 1. The van der Waals surface area contributed by atoms with Crippen LogP contribution in [0.3, 0.4) is 0 Å². The van der Waals surface area contributed by atoms with E-state index in [9.17, 15) is 8.42 Å². The van der Waals surface area contributed by atoms with Crippen LogP contribution in [0.5, 0.6) is 10.9 Å². The quantitative estimate of drug-likeness (QED) is 0.552. The van der Waals surface area contributed by atoms with E-state index in [2.05, 4.69) is 26.7 Å². The molecule has 2 aliphatic rings. The minimum atomic E-state index is -3.16. The van der Waals surface area contributed by atoms with Crippen LogP contribution in [0.4, 0.5) is 0 Å². The highest BCUT2D eigenvalue weighted by Crippen LogP contribution is 2.38. The number of aromatic nitrogens is 1. The Hall–Kier alpha value is -1.71. The van der Waals surface area contributed by atoms with Crippen molar-refractivity contribution in [2.45, 2.75) is 50.4 Å². The minimum absolute atomic E-state index is 0.0573. The molecular weight excluding hydrogens is 454 g/mol. The van der Waals surface area contributed by atoms with Crippen LogP contribution in [0.2, 0.25) is 5.02 Å². The van der Waals surface area contributed by atoms with E-state index in [0.29, 0.717) is 22.3 Å². The average Bonchev–Trinajstić information content (AvgIpc) is 3.21. The predicted molar refractivity (Wildman–Crippen MR) is 125 cm³/mol. The van der Waals surface area contributed by atoms with Crippen molar-refractivity contribution in [3.8, 4) is 10.9 Å². The summed E-state index contributed by atoms with van der Waals surface area (Å²) in [7, 11) is -3.16. The van der Waals surface area contributed by atoms with Crippen LogP contribution >= 0.6 is 22.9 Å². The van der Waals surface area contributed by atoms with Gasteiger partial charge in [-0.3, -0.25) is 4.90 Å². The fourth-order valence-electron chi connectivity index (χ4n) is 4.84. The van der Waals surface area contributed by atoms with Crippen molar-refractivity contribution in [3.05, 3.63) is 53.1 Å². The molecule has 3 aromatic rings. The van der Waals surface area contributed by atoms with Crippen LogP contribution < -0.4 is 9.46 Å². The van der Waals surface area contributed by atoms with Crippen molar-refractivity contribution in [1.82, 2.24) is 14.6 Å². The largest absolute Gasteiger partial charge is 0.431 e. The van der Waals surface area contributed by atoms with E-state index in [1.165, 1.54) is 23.2 Å². The molecule has 6 nitrogen and oxygen atoms in total. The zero-order chi connectivity index (χ0) is 21.6. The number of rotatable bonds is 6. The van der Waals surface area contributed by atoms with E-state index in [0.717, 1.165) is 48.2 Å². The number of nitrogens with zero attached hydrogens (tertiary/aromatic N) is 2. The number of ether oxygens (including phenoxy) is 1. The highest BCUT2D eigenvalue weighted by Gasteiger charge is 2.41. The monoisotopic (exact) mass is 477 g/mol. The van der Waals surface area contributed by atoms with Gasteiger partial charge in [0.2, 0.25) is 10.0 Å². The third-order valence-corrected chi connectivity index (χ3v) is 8.07. The van der Waals surface area contributed by atoms with Gasteiger partial charge in [0.25, 0.3) is 5.19 Å². The maximum atomic E-state index is 11.6. The van der Waals surface area contributed by atoms with Crippen LogP contribution in [0.1, 0.15) is 31.2 Å². The van der Waals surface area contributed by atoms with Gasteiger partial charge in [-0.1, -0.05) is 41.1 Å². The van der Waals surface area contributed by atoms with Gasteiger partial charge in [0, 0.05) is 24.7 Å². The molecule has 5 rings (SSSR count). The summed E-state index contributed by atoms with van der Waals surface area (Å²) in [6.07, 6.45) is 5.27. The first-order chi connectivity index (χ1) is 14.8. The number of nitrogens with one attached hydrogen (secondary N) is 1. The Morgan fingerprint density at radius 3 is 2.52 bits per heavy atom. The lowest BCUT2D eigenvalue weighted by atomic mass is 9.97. The number of halogens is 1. The van der Waals surface area contributed by atoms with Gasteiger partial charge in [-0.25, -0.2) is 18.1 Å². The third kappa shape index (κ3) is 4.73. The summed E-state index contributed by atoms with van der Waals surface area (Å²) < 4.78 is 32.9. The Bertz CT molecular complexity index is 1180. The van der Waals surface area contributed by atoms with E-state index >= 15 is 0 Å². The maximum absolute atomic E-state index is 11.6. The summed E-state index contributed by atoms with van der Waals surface area (Å²) in [5.74, 6) is 0.748. The molecule has 164 valence electrons. The van der Waals surface area contributed by atoms with Gasteiger partial charge in [-0.2, -0.15) is 0 Å². The zero-order valence-electron chi connectivity index (χ0n) is 17.1. The van der Waals surface area contributed by atoms with Crippen molar-refractivity contribution >= 4 is 43.2 Å². The van der Waals surface area contributed by atoms with E-state index in [1.54, 1.807) is 0 Å². The van der Waals surface area contributed by atoms with E-state index in [1.807, 2.05) is 30.3 Å². The summed E-state index contributed by atoms with van der Waals surface area (Å²) in [4.78, 5) is 7.03. The number of sulfonamides is 1. The van der Waals surface area contributed by atoms with Crippen molar-refractivity contribution < 1.29 is 13.2 Å². The molecule has 2 fully saturated rings. The molecule has 0 aliphatic carbocycles. The summed E-state index contributed by atoms with van der Waals surface area (Å²) >= 11 is 7.68. The fourth-order valence-corrected chi connectivity index (χ4v) is 6.78. The van der Waals surface area contributed by atoms with Crippen LogP contribution in [-0.2, 0) is 16.6 Å². The Labute approximate surface area is 191 Å². The number of fused-ring (bicyclic) bond motifs is 3.